The van der Waals surface area contributed by atoms with Crippen molar-refractivity contribution in [3.8, 4) is 12.3 Å². The van der Waals surface area contributed by atoms with Gasteiger partial charge in [-0.3, -0.25) is 0 Å². The molecule has 0 aliphatic heterocycles. The van der Waals surface area contributed by atoms with Crippen LogP contribution in [0.2, 0.25) is 0 Å². The molecule has 3 saturated carbocycles. The molecule has 0 aromatic carbocycles. The van der Waals surface area contributed by atoms with Crippen LogP contribution in [0.3, 0.4) is 0 Å². The first-order valence-electron chi connectivity index (χ1n) is 9.77. The van der Waals surface area contributed by atoms with Crippen molar-refractivity contribution < 1.29 is 1.37 Å². The Morgan fingerprint density at radius 1 is 1.24 bits per heavy atom. The third-order valence-corrected chi connectivity index (χ3v) is 7.80. The summed E-state index contributed by atoms with van der Waals surface area (Å²) in [5, 5.41) is 0. The Balaban J connectivity index is 1.70. The molecule has 0 spiro atoms. The van der Waals surface area contributed by atoms with Crippen LogP contribution < -0.4 is 0 Å². The van der Waals surface area contributed by atoms with Crippen LogP contribution in [0.5, 0.6) is 0 Å². The molecule has 3 fully saturated rings. The van der Waals surface area contributed by atoms with Gasteiger partial charge in [-0.1, -0.05) is 31.4 Å². The Morgan fingerprint density at radius 2 is 2.14 bits per heavy atom. The second-order valence-corrected chi connectivity index (χ2v) is 8.44. The van der Waals surface area contributed by atoms with E-state index in [4.69, 9.17) is 7.79 Å². The number of hydrogen-bond donors (Lipinski definition) is 0. The van der Waals surface area contributed by atoms with Gasteiger partial charge in [0.15, 0.2) is 0 Å². The minimum absolute atomic E-state index is 0.159. The van der Waals surface area contributed by atoms with E-state index in [1.807, 2.05) is 0 Å². The number of rotatable bonds is 1. The van der Waals surface area contributed by atoms with Crippen LogP contribution in [0.1, 0.15) is 78.9 Å². The van der Waals surface area contributed by atoms with E-state index in [2.05, 4.69) is 18.9 Å². The third kappa shape index (κ3) is 1.89. The van der Waals surface area contributed by atoms with Gasteiger partial charge in [0.25, 0.3) is 0 Å². The monoisotopic (exact) mass is 283 g/mol. The van der Waals surface area contributed by atoms with Gasteiger partial charge in [0.1, 0.15) is 0 Å². The summed E-state index contributed by atoms with van der Waals surface area (Å²) >= 11 is 0. The van der Waals surface area contributed by atoms with Crippen molar-refractivity contribution in [2.75, 3.05) is 0 Å². The molecule has 0 heteroatoms. The second-order valence-electron chi connectivity index (χ2n) is 8.44. The van der Waals surface area contributed by atoms with Crippen LogP contribution in [-0.4, -0.2) is 0 Å². The molecular formula is C21H30. The molecule has 4 aliphatic carbocycles. The summed E-state index contributed by atoms with van der Waals surface area (Å²) in [6.07, 6.45) is 21.3. The first-order chi connectivity index (χ1) is 10.6. The lowest BCUT2D eigenvalue weighted by Crippen LogP contribution is -2.48. The average molecular weight is 283 g/mol. The fourth-order valence-electron chi connectivity index (χ4n) is 6.82. The smallest absolute Gasteiger partial charge is 0.0408 e. The molecule has 0 aromatic heterocycles. The fourth-order valence-corrected chi connectivity index (χ4v) is 6.82. The molecule has 0 heterocycles. The van der Waals surface area contributed by atoms with E-state index >= 15 is 0 Å². The van der Waals surface area contributed by atoms with Gasteiger partial charge in [0.05, 0.1) is 0 Å². The highest BCUT2D eigenvalue weighted by Crippen LogP contribution is 2.65. The van der Waals surface area contributed by atoms with Gasteiger partial charge < -0.3 is 0 Å². The van der Waals surface area contributed by atoms with Crippen molar-refractivity contribution in [3.05, 3.63) is 11.6 Å². The van der Waals surface area contributed by atoms with E-state index in [-0.39, 0.29) is 11.8 Å². The highest BCUT2D eigenvalue weighted by Gasteiger charge is 2.56. The van der Waals surface area contributed by atoms with E-state index < -0.39 is 0 Å². The molecule has 0 aromatic rings. The predicted octanol–water partition coefficient (Wildman–Crippen LogP) is 5.73. The lowest BCUT2D eigenvalue weighted by molar-refractivity contribution is -0.0310. The standard InChI is InChI=1S/C21H30/c1-3-12-21-14-6-8-19(21)17-10-9-16-7-4-5-13-20(16,2)18(17)11-15-21/h1,9,17-19H,4-8,10-15H2,2H3/t17-,18+,19+,20+,21+/m1/s1/i12D/t12?,17-,18+,19+,20+,21+. The van der Waals surface area contributed by atoms with Crippen LogP contribution in [0.4, 0.5) is 0 Å². The quantitative estimate of drug-likeness (QED) is 0.425. The third-order valence-electron chi connectivity index (χ3n) is 7.80. The van der Waals surface area contributed by atoms with Crippen LogP contribution in [0.25, 0.3) is 0 Å². The lowest BCUT2D eigenvalue weighted by atomic mass is 9.47. The SMILES string of the molecule is [2H]C(C#C)[C@@]12CCC[C@H]1[C@@H]1CC=C3CCCC[C@]3(C)[C@H]1CC2. The molecule has 0 N–H and O–H groups in total. The fraction of sp³-hybridized carbons (Fsp3) is 0.810. The summed E-state index contributed by atoms with van der Waals surface area (Å²) in [4.78, 5) is 0. The van der Waals surface area contributed by atoms with Gasteiger partial charge in [0, 0.05) is 7.77 Å². The molecule has 4 rings (SSSR count). The van der Waals surface area contributed by atoms with E-state index in [0.717, 1.165) is 17.8 Å². The zero-order chi connectivity index (χ0) is 15.4. The normalized spacial score (nSPS) is 50.8. The van der Waals surface area contributed by atoms with Crippen LogP contribution in [-0.2, 0) is 0 Å². The number of terminal acetylenes is 1. The Labute approximate surface area is 132 Å². The lowest BCUT2D eigenvalue weighted by Gasteiger charge is -2.57. The van der Waals surface area contributed by atoms with Crippen molar-refractivity contribution in [1.82, 2.24) is 0 Å². The molecule has 0 amide bonds. The van der Waals surface area contributed by atoms with Crippen molar-refractivity contribution in [2.24, 2.45) is 28.6 Å². The Kier molecular flexibility index (Phi) is 2.99. The molecule has 0 saturated heterocycles. The van der Waals surface area contributed by atoms with Gasteiger partial charge in [-0.25, -0.2) is 0 Å². The Bertz CT molecular complexity index is 527. The first-order valence-corrected chi connectivity index (χ1v) is 9.20. The van der Waals surface area contributed by atoms with E-state index in [1.165, 1.54) is 64.2 Å². The van der Waals surface area contributed by atoms with E-state index in [9.17, 15) is 0 Å². The van der Waals surface area contributed by atoms with E-state index in [1.54, 1.807) is 5.57 Å². The van der Waals surface area contributed by atoms with E-state index in [0.29, 0.717) is 5.41 Å². The summed E-state index contributed by atoms with van der Waals surface area (Å²) < 4.78 is 8.52. The molecule has 4 aliphatic rings. The minimum atomic E-state index is -0.273. The maximum atomic E-state index is 8.52. The van der Waals surface area contributed by atoms with Crippen LogP contribution >= 0.6 is 0 Å². The molecule has 21 heavy (non-hydrogen) atoms. The molecule has 0 radical (unpaired) electrons. The first kappa shape index (κ1) is 12.8. The van der Waals surface area contributed by atoms with Gasteiger partial charge in [-0.05, 0) is 80.0 Å². The van der Waals surface area contributed by atoms with Crippen LogP contribution in [0, 0.1) is 40.9 Å². The second kappa shape index (κ2) is 4.91. The van der Waals surface area contributed by atoms with Crippen LogP contribution in [0.15, 0.2) is 11.6 Å². The summed E-state index contributed by atoms with van der Waals surface area (Å²) in [5.41, 5.74) is 2.42. The summed E-state index contributed by atoms with van der Waals surface area (Å²) in [5.74, 6) is 5.21. The number of hydrogen-bond acceptors (Lipinski definition) is 0. The maximum Gasteiger partial charge on any atom is 0.0408 e. The summed E-state index contributed by atoms with van der Waals surface area (Å²) in [6.45, 7) is 2.57. The van der Waals surface area contributed by atoms with Gasteiger partial charge in [0.2, 0.25) is 0 Å². The van der Waals surface area contributed by atoms with Crippen molar-refractivity contribution in [3.63, 3.8) is 0 Å². The molecular weight excluding hydrogens is 252 g/mol. The zero-order valence-corrected chi connectivity index (χ0v) is 13.5. The molecule has 0 nitrogen and oxygen atoms in total. The molecule has 0 bridgehead atoms. The molecule has 1 unspecified atom stereocenters. The number of allylic oxidation sites excluding steroid dienone is 2. The van der Waals surface area contributed by atoms with Crippen molar-refractivity contribution in [2.45, 2.75) is 77.5 Å². The Hall–Kier alpha value is -0.700. The van der Waals surface area contributed by atoms with Gasteiger partial charge in [-0.2, -0.15) is 0 Å². The van der Waals surface area contributed by atoms with Gasteiger partial charge >= 0.3 is 0 Å². The topological polar surface area (TPSA) is 0 Å². The Morgan fingerprint density at radius 3 is 3.00 bits per heavy atom. The highest BCUT2D eigenvalue weighted by atomic mass is 14.6. The largest absolute Gasteiger partial charge is 0.120 e. The molecule has 114 valence electrons. The summed E-state index contributed by atoms with van der Waals surface area (Å²) in [7, 11) is 0. The predicted molar refractivity (Wildman–Crippen MR) is 88.7 cm³/mol. The zero-order valence-electron chi connectivity index (χ0n) is 14.5. The minimum Gasteiger partial charge on any atom is -0.120 e. The highest BCUT2D eigenvalue weighted by molar-refractivity contribution is 5.24. The maximum absolute atomic E-state index is 8.52. The van der Waals surface area contributed by atoms with Crippen molar-refractivity contribution in [1.29, 1.82) is 0 Å². The summed E-state index contributed by atoms with van der Waals surface area (Å²) in [6, 6.07) is 0. The van der Waals surface area contributed by atoms with Gasteiger partial charge in [-0.15, -0.1) is 12.3 Å². The number of fused-ring (bicyclic) bond motifs is 5. The molecule has 6 atom stereocenters. The average Bonchev–Trinajstić information content (AvgIpc) is 2.98. The van der Waals surface area contributed by atoms with Crippen molar-refractivity contribution >= 4 is 0 Å².